The maximum atomic E-state index is 13.3. The summed E-state index contributed by atoms with van der Waals surface area (Å²) in [4.78, 5) is 25.9. The third-order valence-corrected chi connectivity index (χ3v) is 5.59. The molecule has 1 amide bonds. The highest BCUT2D eigenvalue weighted by molar-refractivity contribution is 6.32. The predicted octanol–water partition coefficient (Wildman–Crippen LogP) is 6.06. The van der Waals surface area contributed by atoms with Gasteiger partial charge in [0.1, 0.15) is 5.58 Å². The Morgan fingerprint density at radius 1 is 1.00 bits per heavy atom. The van der Waals surface area contributed by atoms with Gasteiger partial charge < -0.3 is 14.5 Å². The summed E-state index contributed by atoms with van der Waals surface area (Å²) in [5.74, 6) is -0.136. The second-order valence-corrected chi connectivity index (χ2v) is 8.12. The van der Waals surface area contributed by atoms with E-state index in [4.69, 9.17) is 20.8 Å². The van der Waals surface area contributed by atoms with Crippen molar-refractivity contribution in [1.29, 1.82) is 0 Å². The minimum Gasteiger partial charge on any atom is -0.476 e. The van der Waals surface area contributed by atoms with Gasteiger partial charge >= 0.3 is 0 Å². The van der Waals surface area contributed by atoms with Crippen LogP contribution in [0.3, 0.4) is 0 Å². The lowest BCUT2D eigenvalue weighted by molar-refractivity contribution is -0.118. The van der Waals surface area contributed by atoms with E-state index in [-0.39, 0.29) is 29.5 Å². The van der Waals surface area contributed by atoms with Gasteiger partial charge in [0.15, 0.2) is 12.4 Å². The van der Waals surface area contributed by atoms with Crippen molar-refractivity contribution in [2.45, 2.75) is 20.8 Å². The van der Waals surface area contributed by atoms with E-state index in [0.717, 1.165) is 16.7 Å². The van der Waals surface area contributed by atoms with Crippen LogP contribution in [0.5, 0.6) is 5.75 Å². The maximum absolute atomic E-state index is 13.3. The number of ether oxygens (including phenoxy) is 1. The fourth-order valence-electron chi connectivity index (χ4n) is 3.40. The number of rotatable bonds is 5. The van der Waals surface area contributed by atoms with Crippen LogP contribution in [-0.2, 0) is 4.79 Å². The van der Waals surface area contributed by atoms with Crippen LogP contribution in [0.4, 0.5) is 5.69 Å². The van der Waals surface area contributed by atoms with Crippen LogP contribution in [0.15, 0.2) is 69.9 Å². The Labute approximate surface area is 190 Å². The number of halogens is 1. The molecule has 162 valence electrons. The molecule has 0 saturated carbocycles. The number of benzene rings is 3. The van der Waals surface area contributed by atoms with Crippen molar-refractivity contribution in [3.8, 4) is 17.1 Å². The summed E-state index contributed by atoms with van der Waals surface area (Å²) in [6.45, 7) is 5.35. The molecule has 0 unspecified atom stereocenters. The average Bonchev–Trinajstić information content (AvgIpc) is 2.77. The third kappa shape index (κ3) is 4.39. The van der Waals surface area contributed by atoms with Crippen molar-refractivity contribution in [2.24, 2.45) is 0 Å². The Hall–Kier alpha value is -3.57. The van der Waals surface area contributed by atoms with Crippen LogP contribution in [0.25, 0.3) is 22.3 Å². The average molecular weight is 448 g/mol. The Kier molecular flexibility index (Phi) is 6.01. The normalized spacial score (nSPS) is 10.9. The van der Waals surface area contributed by atoms with Gasteiger partial charge in [0.05, 0.1) is 5.39 Å². The number of amides is 1. The number of hydrogen-bond donors (Lipinski definition) is 1. The predicted molar refractivity (Wildman–Crippen MR) is 128 cm³/mol. The number of anilines is 1. The summed E-state index contributed by atoms with van der Waals surface area (Å²) in [6, 6.07) is 18.3. The van der Waals surface area contributed by atoms with E-state index >= 15 is 0 Å². The van der Waals surface area contributed by atoms with E-state index < -0.39 is 0 Å². The molecule has 4 aromatic rings. The molecule has 0 radical (unpaired) electrons. The second-order valence-electron chi connectivity index (χ2n) is 7.71. The van der Waals surface area contributed by atoms with Crippen molar-refractivity contribution in [3.63, 3.8) is 0 Å². The molecule has 0 aliphatic heterocycles. The van der Waals surface area contributed by atoms with Gasteiger partial charge in [-0.05, 0) is 55.7 Å². The molecule has 0 bridgehead atoms. The molecule has 0 fully saturated rings. The first-order valence-corrected chi connectivity index (χ1v) is 10.5. The SMILES string of the molecule is Cc1ccc(C)c(NC(=O)COc2c(-c3ccccc3)oc3cc(C)c(Cl)cc3c2=O)c1. The lowest BCUT2D eigenvalue weighted by Crippen LogP contribution is -2.23. The van der Waals surface area contributed by atoms with Gasteiger partial charge in [-0.25, -0.2) is 0 Å². The van der Waals surface area contributed by atoms with Crippen LogP contribution < -0.4 is 15.5 Å². The van der Waals surface area contributed by atoms with Crippen LogP contribution in [0, 0.1) is 20.8 Å². The first-order valence-electron chi connectivity index (χ1n) is 10.2. The first-order chi connectivity index (χ1) is 15.3. The summed E-state index contributed by atoms with van der Waals surface area (Å²) in [6.07, 6.45) is 0. The Morgan fingerprint density at radius 2 is 1.75 bits per heavy atom. The zero-order chi connectivity index (χ0) is 22.8. The fourth-order valence-corrected chi connectivity index (χ4v) is 3.57. The largest absolute Gasteiger partial charge is 0.476 e. The fraction of sp³-hybridized carbons (Fsp3) is 0.154. The minimum absolute atomic E-state index is 0.0280. The molecule has 0 atom stereocenters. The molecule has 6 heteroatoms. The molecule has 0 spiro atoms. The second kappa shape index (κ2) is 8.89. The van der Waals surface area contributed by atoms with Gasteiger partial charge in [-0.15, -0.1) is 0 Å². The molecule has 1 heterocycles. The summed E-state index contributed by atoms with van der Waals surface area (Å²) in [7, 11) is 0. The van der Waals surface area contributed by atoms with Crippen LogP contribution >= 0.6 is 11.6 Å². The van der Waals surface area contributed by atoms with Crippen LogP contribution in [0.2, 0.25) is 5.02 Å². The smallest absolute Gasteiger partial charge is 0.262 e. The summed E-state index contributed by atoms with van der Waals surface area (Å²) in [5, 5.41) is 3.59. The third-order valence-electron chi connectivity index (χ3n) is 5.18. The van der Waals surface area contributed by atoms with E-state index in [9.17, 15) is 9.59 Å². The quantitative estimate of drug-likeness (QED) is 0.404. The molecule has 0 saturated heterocycles. The molecular formula is C26H22ClNO4. The monoisotopic (exact) mass is 447 g/mol. The molecule has 1 aromatic heterocycles. The topological polar surface area (TPSA) is 68.5 Å². The molecule has 1 N–H and O–H groups in total. The number of fused-ring (bicyclic) bond motifs is 1. The van der Waals surface area contributed by atoms with Gasteiger partial charge in [-0.2, -0.15) is 0 Å². The molecular weight excluding hydrogens is 426 g/mol. The van der Waals surface area contributed by atoms with Gasteiger partial charge in [-0.1, -0.05) is 54.1 Å². The Morgan fingerprint density at radius 3 is 2.50 bits per heavy atom. The molecule has 32 heavy (non-hydrogen) atoms. The van der Waals surface area contributed by atoms with Gasteiger partial charge in [0.25, 0.3) is 5.91 Å². The van der Waals surface area contributed by atoms with Gasteiger partial charge in [0.2, 0.25) is 11.2 Å². The number of hydrogen-bond acceptors (Lipinski definition) is 4. The van der Waals surface area contributed by atoms with Crippen molar-refractivity contribution in [3.05, 3.63) is 92.6 Å². The number of carbonyl (C=O) groups excluding carboxylic acids is 1. The Bertz CT molecular complexity index is 1380. The van der Waals surface area contributed by atoms with E-state index in [1.165, 1.54) is 0 Å². The Balaban J connectivity index is 1.71. The van der Waals surface area contributed by atoms with Crippen LogP contribution in [-0.4, -0.2) is 12.5 Å². The van der Waals surface area contributed by atoms with E-state index in [0.29, 0.717) is 27.2 Å². The molecule has 4 rings (SSSR count). The molecule has 5 nitrogen and oxygen atoms in total. The summed E-state index contributed by atoms with van der Waals surface area (Å²) < 4.78 is 11.8. The zero-order valence-electron chi connectivity index (χ0n) is 18.0. The summed E-state index contributed by atoms with van der Waals surface area (Å²) >= 11 is 6.23. The number of aryl methyl sites for hydroxylation is 3. The minimum atomic E-state index is -0.383. The molecule has 0 aliphatic carbocycles. The zero-order valence-corrected chi connectivity index (χ0v) is 18.7. The van der Waals surface area contributed by atoms with E-state index in [2.05, 4.69) is 5.32 Å². The number of carbonyl (C=O) groups is 1. The standard InChI is InChI=1S/C26H22ClNO4/c1-15-9-10-16(2)21(11-15)28-23(29)14-31-26-24(30)19-13-20(27)17(3)12-22(19)32-25(26)18-7-5-4-6-8-18/h4-13H,14H2,1-3H3,(H,28,29). The van der Waals surface area contributed by atoms with E-state index in [1.807, 2.05) is 69.3 Å². The highest BCUT2D eigenvalue weighted by atomic mass is 35.5. The highest BCUT2D eigenvalue weighted by Gasteiger charge is 2.20. The lowest BCUT2D eigenvalue weighted by Gasteiger charge is -2.13. The molecule has 0 aliphatic rings. The van der Waals surface area contributed by atoms with E-state index in [1.54, 1.807) is 12.1 Å². The van der Waals surface area contributed by atoms with Crippen LogP contribution in [0.1, 0.15) is 16.7 Å². The first kappa shape index (κ1) is 21.7. The number of nitrogens with one attached hydrogen (secondary N) is 1. The summed E-state index contributed by atoms with van der Waals surface area (Å²) in [5.41, 5.74) is 4.15. The lowest BCUT2D eigenvalue weighted by atomic mass is 10.1. The maximum Gasteiger partial charge on any atom is 0.262 e. The highest BCUT2D eigenvalue weighted by Crippen LogP contribution is 2.32. The van der Waals surface area contributed by atoms with Gasteiger partial charge in [-0.3, -0.25) is 9.59 Å². The molecule has 3 aromatic carbocycles. The van der Waals surface area contributed by atoms with Gasteiger partial charge in [0, 0.05) is 16.3 Å². The van der Waals surface area contributed by atoms with Crippen molar-refractivity contribution < 1.29 is 13.9 Å². The van der Waals surface area contributed by atoms with Crippen molar-refractivity contribution >= 4 is 34.2 Å². The van der Waals surface area contributed by atoms with Crippen molar-refractivity contribution in [2.75, 3.05) is 11.9 Å². The van der Waals surface area contributed by atoms with Crippen molar-refractivity contribution in [1.82, 2.24) is 0 Å².